The highest BCUT2D eigenvalue weighted by atomic mass is 15.1. The second-order valence-electron chi connectivity index (χ2n) is 3.64. The first-order valence-corrected chi connectivity index (χ1v) is 5.40. The molecule has 0 saturated heterocycles. The molecule has 2 aromatic rings. The second-order valence-corrected chi connectivity index (χ2v) is 3.64. The molecule has 84 valence electrons. The van der Waals surface area contributed by atoms with Gasteiger partial charge in [0.15, 0.2) is 0 Å². The Balaban J connectivity index is 2.07. The first-order chi connectivity index (χ1) is 7.90. The van der Waals surface area contributed by atoms with Crippen molar-refractivity contribution in [2.24, 2.45) is 5.73 Å². The molecule has 0 bridgehead atoms. The van der Waals surface area contributed by atoms with Crippen molar-refractivity contribution in [1.82, 2.24) is 10.2 Å². The predicted octanol–water partition coefficient (Wildman–Crippen LogP) is 1.37. The third-order valence-corrected chi connectivity index (χ3v) is 2.40. The van der Waals surface area contributed by atoms with Crippen molar-refractivity contribution in [2.45, 2.75) is 6.42 Å². The minimum absolute atomic E-state index is 0.621. The number of H-pyrrole nitrogens is 1. The van der Waals surface area contributed by atoms with Crippen molar-refractivity contribution >= 4 is 5.69 Å². The topological polar surface area (TPSA) is 66.7 Å². The molecule has 0 fully saturated rings. The Morgan fingerprint density at radius 3 is 2.81 bits per heavy atom. The summed E-state index contributed by atoms with van der Waals surface area (Å²) in [6.45, 7) is 1.39. The minimum Gasteiger partial charge on any atom is -0.381 e. The molecule has 0 amide bonds. The summed E-state index contributed by atoms with van der Waals surface area (Å²) in [7, 11) is 0. The van der Waals surface area contributed by atoms with Gasteiger partial charge in [-0.2, -0.15) is 5.10 Å². The number of benzene rings is 1. The Morgan fingerprint density at radius 1 is 1.25 bits per heavy atom. The Hall–Kier alpha value is -1.81. The van der Waals surface area contributed by atoms with E-state index in [1.807, 2.05) is 18.2 Å². The molecule has 1 aromatic carbocycles. The van der Waals surface area contributed by atoms with E-state index < -0.39 is 0 Å². The van der Waals surface area contributed by atoms with Crippen LogP contribution in [0.4, 0.5) is 5.69 Å². The highest BCUT2D eigenvalue weighted by molar-refractivity contribution is 5.47. The van der Waals surface area contributed by atoms with Gasteiger partial charge in [0.1, 0.15) is 0 Å². The summed E-state index contributed by atoms with van der Waals surface area (Å²) in [5.74, 6) is 0. The fourth-order valence-electron chi connectivity index (χ4n) is 1.61. The van der Waals surface area contributed by atoms with E-state index in [4.69, 9.17) is 5.73 Å². The Kier molecular flexibility index (Phi) is 3.56. The van der Waals surface area contributed by atoms with Gasteiger partial charge in [-0.3, -0.25) is 5.10 Å². The maximum atomic E-state index is 5.45. The SMILES string of the molecule is NCCNc1cn[nH]c1Cc1ccccc1. The normalized spacial score (nSPS) is 10.3. The number of nitrogens with one attached hydrogen (secondary N) is 2. The molecule has 0 aliphatic rings. The van der Waals surface area contributed by atoms with E-state index >= 15 is 0 Å². The van der Waals surface area contributed by atoms with E-state index in [-0.39, 0.29) is 0 Å². The van der Waals surface area contributed by atoms with Gasteiger partial charge in [0.25, 0.3) is 0 Å². The largest absolute Gasteiger partial charge is 0.381 e. The van der Waals surface area contributed by atoms with Crippen molar-refractivity contribution in [1.29, 1.82) is 0 Å². The molecule has 0 radical (unpaired) electrons. The number of nitrogens with zero attached hydrogens (tertiary/aromatic N) is 1. The van der Waals surface area contributed by atoms with E-state index in [2.05, 4.69) is 27.6 Å². The van der Waals surface area contributed by atoms with Crippen molar-refractivity contribution in [3.8, 4) is 0 Å². The van der Waals surface area contributed by atoms with E-state index in [0.29, 0.717) is 6.54 Å². The second kappa shape index (κ2) is 5.32. The lowest BCUT2D eigenvalue weighted by Gasteiger charge is -2.05. The van der Waals surface area contributed by atoms with Crippen LogP contribution in [-0.4, -0.2) is 23.3 Å². The van der Waals surface area contributed by atoms with E-state index in [1.54, 1.807) is 6.20 Å². The lowest BCUT2D eigenvalue weighted by molar-refractivity contribution is 0.987. The van der Waals surface area contributed by atoms with E-state index in [9.17, 15) is 0 Å². The Bertz CT molecular complexity index is 422. The molecule has 16 heavy (non-hydrogen) atoms. The number of anilines is 1. The minimum atomic E-state index is 0.621. The summed E-state index contributed by atoms with van der Waals surface area (Å²) in [5.41, 5.74) is 8.85. The van der Waals surface area contributed by atoms with Crippen molar-refractivity contribution in [3.05, 3.63) is 47.8 Å². The molecular weight excluding hydrogens is 200 g/mol. The maximum absolute atomic E-state index is 5.45. The summed E-state index contributed by atoms with van der Waals surface area (Å²) < 4.78 is 0. The standard InChI is InChI=1S/C12H16N4/c13-6-7-14-12-9-15-16-11(12)8-10-4-2-1-3-5-10/h1-5,9,14H,6-8,13H2,(H,15,16). The lowest BCUT2D eigenvalue weighted by atomic mass is 10.1. The van der Waals surface area contributed by atoms with Gasteiger partial charge in [0.2, 0.25) is 0 Å². The summed E-state index contributed by atoms with van der Waals surface area (Å²) in [6.07, 6.45) is 2.65. The molecule has 0 spiro atoms. The number of hydrogen-bond acceptors (Lipinski definition) is 3. The van der Waals surface area contributed by atoms with Crippen molar-refractivity contribution < 1.29 is 0 Å². The smallest absolute Gasteiger partial charge is 0.0760 e. The highest BCUT2D eigenvalue weighted by Gasteiger charge is 2.04. The summed E-state index contributed by atoms with van der Waals surface area (Å²) in [5, 5.41) is 10.3. The average Bonchev–Trinajstić information content (AvgIpc) is 2.75. The fourth-order valence-corrected chi connectivity index (χ4v) is 1.61. The van der Waals surface area contributed by atoms with Crippen LogP contribution in [0.5, 0.6) is 0 Å². The maximum Gasteiger partial charge on any atom is 0.0760 e. The first kappa shape index (κ1) is 10.7. The zero-order chi connectivity index (χ0) is 11.2. The van der Waals surface area contributed by atoms with Crippen LogP contribution in [0.2, 0.25) is 0 Å². The highest BCUT2D eigenvalue weighted by Crippen LogP contribution is 2.15. The molecule has 2 rings (SSSR count). The van der Waals surface area contributed by atoms with Crippen LogP contribution in [0.25, 0.3) is 0 Å². The quantitative estimate of drug-likeness (QED) is 0.707. The average molecular weight is 216 g/mol. The van der Waals surface area contributed by atoms with E-state index in [1.165, 1.54) is 5.56 Å². The molecule has 0 unspecified atom stereocenters. The monoisotopic (exact) mass is 216 g/mol. The van der Waals surface area contributed by atoms with E-state index in [0.717, 1.165) is 24.3 Å². The Morgan fingerprint density at radius 2 is 2.06 bits per heavy atom. The van der Waals surface area contributed by atoms with Gasteiger partial charge >= 0.3 is 0 Å². The van der Waals surface area contributed by atoms with Crippen molar-refractivity contribution in [2.75, 3.05) is 18.4 Å². The number of rotatable bonds is 5. The summed E-state index contributed by atoms with van der Waals surface area (Å²) in [4.78, 5) is 0. The van der Waals surface area contributed by atoms with Crippen LogP contribution < -0.4 is 11.1 Å². The summed E-state index contributed by atoms with van der Waals surface area (Å²) in [6, 6.07) is 10.3. The van der Waals surface area contributed by atoms with Crippen LogP contribution in [0.15, 0.2) is 36.5 Å². The van der Waals surface area contributed by atoms with Gasteiger partial charge < -0.3 is 11.1 Å². The third kappa shape index (κ3) is 2.61. The molecule has 0 atom stereocenters. The van der Waals surface area contributed by atoms with Crippen LogP contribution in [0, 0.1) is 0 Å². The Labute approximate surface area is 94.9 Å². The van der Waals surface area contributed by atoms with Gasteiger partial charge in [-0.05, 0) is 5.56 Å². The van der Waals surface area contributed by atoms with Crippen molar-refractivity contribution in [3.63, 3.8) is 0 Å². The molecule has 4 heteroatoms. The fraction of sp³-hybridized carbons (Fsp3) is 0.250. The molecule has 1 aromatic heterocycles. The first-order valence-electron chi connectivity index (χ1n) is 5.40. The van der Waals surface area contributed by atoms with Gasteiger partial charge in [-0.1, -0.05) is 30.3 Å². The molecule has 0 saturated carbocycles. The number of nitrogens with two attached hydrogens (primary N) is 1. The molecule has 0 aliphatic heterocycles. The summed E-state index contributed by atoms with van der Waals surface area (Å²) >= 11 is 0. The van der Waals surface area contributed by atoms with Crippen LogP contribution in [0.1, 0.15) is 11.3 Å². The van der Waals surface area contributed by atoms with Gasteiger partial charge in [0.05, 0.1) is 17.6 Å². The molecular formula is C12H16N4. The molecule has 4 nitrogen and oxygen atoms in total. The zero-order valence-electron chi connectivity index (χ0n) is 9.11. The number of aromatic amines is 1. The van der Waals surface area contributed by atoms with Gasteiger partial charge in [0, 0.05) is 19.5 Å². The van der Waals surface area contributed by atoms with Gasteiger partial charge in [-0.25, -0.2) is 0 Å². The van der Waals surface area contributed by atoms with Crippen LogP contribution in [-0.2, 0) is 6.42 Å². The molecule has 1 heterocycles. The third-order valence-electron chi connectivity index (χ3n) is 2.40. The molecule has 0 aliphatic carbocycles. The lowest BCUT2D eigenvalue weighted by Crippen LogP contribution is -2.13. The predicted molar refractivity (Wildman–Crippen MR) is 65.4 cm³/mol. The van der Waals surface area contributed by atoms with Crippen LogP contribution in [0.3, 0.4) is 0 Å². The van der Waals surface area contributed by atoms with Gasteiger partial charge in [-0.15, -0.1) is 0 Å². The zero-order valence-corrected chi connectivity index (χ0v) is 9.11. The number of hydrogen-bond donors (Lipinski definition) is 3. The van der Waals surface area contributed by atoms with Crippen LogP contribution >= 0.6 is 0 Å². The number of aromatic nitrogens is 2. The molecule has 4 N–H and O–H groups in total.